The minimum Gasteiger partial charge on any atom is -0.454 e. The molecule has 2 aromatic carbocycles. The molecule has 6 nitrogen and oxygen atoms in total. The van der Waals surface area contributed by atoms with Gasteiger partial charge in [-0.05, 0) is 49.6 Å². The second kappa shape index (κ2) is 6.46. The van der Waals surface area contributed by atoms with Crippen LogP contribution in [0.2, 0.25) is 0 Å². The molecule has 1 aromatic heterocycles. The van der Waals surface area contributed by atoms with Crippen molar-refractivity contribution in [1.29, 1.82) is 0 Å². The number of nitrogens with one attached hydrogen (secondary N) is 1. The van der Waals surface area contributed by atoms with Crippen molar-refractivity contribution < 1.29 is 9.47 Å². The zero-order valence-corrected chi connectivity index (χ0v) is 15.4. The number of H-pyrrole nitrogens is 1. The molecule has 1 N–H and O–H groups in total. The quantitative estimate of drug-likeness (QED) is 0.772. The highest BCUT2D eigenvalue weighted by Gasteiger charge is 2.27. The number of hydrogen-bond donors (Lipinski definition) is 1. The smallest absolute Gasteiger partial charge is 0.326 e. The van der Waals surface area contributed by atoms with Crippen molar-refractivity contribution in [1.82, 2.24) is 14.5 Å². The Labute approximate surface area is 157 Å². The van der Waals surface area contributed by atoms with Gasteiger partial charge in [-0.3, -0.25) is 9.47 Å². The molecule has 3 aromatic rings. The summed E-state index contributed by atoms with van der Waals surface area (Å²) in [5.41, 5.74) is 3.16. The molecule has 0 bridgehead atoms. The average molecular weight is 365 g/mol. The lowest BCUT2D eigenvalue weighted by Crippen LogP contribution is -2.38. The van der Waals surface area contributed by atoms with E-state index in [1.165, 1.54) is 5.56 Å². The molecule has 6 heteroatoms. The van der Waals surface area contributed by atoms with Gasteiger partial charge in [0.05, 0.1) is 11.0 Å². The summed E-state index contributed by atoms with van der Waals surface area (Å²) < 4.78 is 12.9. The molecule has 0 saturated carbocycles. The number of imidazole rings is 1. The minimum atomic E-state index is -0.00142. The van der Waals surface area contributed by atoms with Gasteiger partial charge in [-0.25, -0.2) is 4.79 Å². The Morgan fingerprint density at radius 2 is 1.85 bits per heavy atom. The number of piperidine rings is 1. The van der Waals surface area contributed by atoms with Gasteiger partial charge in [0.2, 0.25) is 6.79 Å². The number of para-hydroxylation sites is 2. The van der Waals surface area contributed by atoms with E-state index in [9.17, 15) is 4.79 Å². The minimum absolute atomic E-state index is 0.00142. The van der Waals surface area contributed by atoms with Crippen LogP contribution in [0.15, 0.2) is 47.3 Å². The third-order valence-electron chi connectivity index (χ3n) is 5.91. The summed E-state index contributed by atoms with van der Waals surface area (Å²) in [6.07, 6.45) is 1.94. The Morgan fingerprint density at radius 3 is 2.70 bits per heavy atom. The highest BCUT2D eigenvalue weighted by atomic mass is 16.7. The lowest BCUT2D eigenvalue weighted by molar-refractivity contribution is 0.143. The van der Waals surface area contributed by atoms with Gasteiger partial charge < -0.3 is 14.5 Å². The summed E-state index contributed by atoms with van der Waals surface area (Å²) in [5.74, 6) is 1.66. The van der Waals surface area contributed by atoms with Gasteiger partial charge in [-0.15, -0.1) is 0 Å². The van der Waals surface area contributed by atoms with Gasteiger partial charge in [0, 0.05) is 25.2 Å². The van der Waals surface area contributed by atoms with E-state index in [2.05, 4.69) is 28.9 Å². The molecule has 3 heterocycles. The summed E-state index contributed by atoms with van der Waals surface area (Å²) in [5, 5.41) is 0. The Hall–Kier alpha value is -2.73. The topological polar surface area (TPSA) is 59.5 Å². The van der Waals surface area contributed by atoms with E-state index in [1.54, 1.807) is 0 Å². The molecule has 2 aliphatic rings. The van der Waals surface area contributed by atoms with Crippen LogP contribution in [0.5, 0.6) is 11.5 Å². The van der Waals surface area contributed by atoms with Crippen LogP contribution in [-0.2, 0) is 0 Å². The summed E-state index contributed by atoms with van der Waals surface area (Å²) in [4.78, 5) is 17.9. The predicted octanol–water partition coefficient (Wildman–Crippen LogP) is 3.46. The normalized spacial score (nSPS) is 18.9. The van der Waals surface area contributed by atoms with Gasteiger partial charge in [0.25, 0.3) is 0 Å². The molecule has 1 unspecified atom stereocenters. The zero-order chi connectivity index (χ0) is 18.4. The van der Waals surface area contributed by atoms with Crippen LogP contribution in [0.25, 0.3) is 11.0 Å². The fourth-order valence-electron chi connectivity index (χ4n) is 4.35. The molecular formula is C21H23N3O3. The van der Waals surface area contributed by atoms with Crippen LogP contribution in [0, 0.1) is 0 Å². The Morgan fingerprint density at radius 1 is 1.07 bits per heavy atom. The standard InChI is InChI=1S/C21H23N3O3/c1-14(15-6-7-19-20(12-15)27-13-26-19)23-10-8-16(9-11-23)24-18-5-3-2-4-17(18)22-21(24)25/h2-7,12,14,16H,8-11,13H2,1H3,(H,22,25). The number of nitrogens with zero attached hydrogens (tertiary/aromatic N) is 2. The first-order valence-corrected chi connectivity index (χ1v) is 9.53. The lowest BCUT2D eigenvalue weighted by atomic mass is 9.99. The number of ether oxygens (including phenoxy) is 2. The Bertz CT molecular complexity index is 1030. The summed E-state index contributed by atoms with van der Waals surface area (Å²) in [6, 6.07) is 14.7. The molecule has 0 radical (unpaired) electrons. The molecule has 1 fully saturated rings. The maximum absolute atomic E-state index is 12.5. The van der Waals surface area contributed by atoms with Crippen LogP contribution < -0.4 is 15.2 Å². The van der Waals surface area contributed by atoms with Crippen molar-refractivity contribution in [3.05, 3.63) is 58.5 Å². The molecule has 1 saturated heterocycles. The number of aromatic nitrogens is 2. The second-order valence-corrected chi connectivity index (χ2v) is 7.37. The number of fused-ring (bicyclic) bond motifs is 2. The van der Waals surface area contributed by atoms with Crippen molar-refractivity contribution in [2.45, 2.75) is 31.8 Å². The van der Waals surface area contributed by atoms with E-state index in [1.807, 2.05) is 34.9 Å². The zero-order valence-electron chi connectivity index (χ0n) is 15.4. The Balaban J connectivity index is 1.32. The van der Waals surface area contributed by atoms with Crippen LogP contribution in [0.3, 0.4) is 0 Å². The van der Waals surface area contributed by atoms with Crippen molar-refractivity contribution >= 4 is 11.0 Å². The van der Waals surface area contributed by atoms with Gasteiger partial charge in [0.1, 0.15) is 0 Å². The van der Waals surface area contributed by atoms with Crippen molar-refractivity contribution in [2.24, 2.45) is 0 Å². The fraction of sp³-hybridized carbons (Fsp3) is 0.381. The first-order chi connectivity index (χ1) is 13.2. The van der Waals surface area contributed by atoms with Crippen LogP contribution in [0.4, 0.5) is 0 Å². The van der Waals surface area contributed by atoms with Crippen LogP contribution in [0.1, 0.15) is 37.4 Å². The van der Waals surface area contributed by atoms with E-state index in [0.717, 1.165) is 48.5 Å². The summed E-state index contributed by atoms with van der Waals surface area (Å²) in [7, 11) is 0. The van der Waals surface area contributed by atoms with Gasteiger partial charge in [-0.1, -0.05) is 18.2 Å². The summed E-state index contributed by atoms with van der Waals surface area (Å²) in [6.45, 7) is 4.46. The second-order valence-electron chi connectivity index (χ2n) is 7.37. The van der Waals surface area contributed by atoms with Gasteiger partial charge in [0.15, 0.2) is 11.5 Å². The number of aromatic amines is 1. The maximum Gasteiger partial charge on any atom is 0.326 e. The van der Waals surface area contributed by atoms with E-state index in [4.69, 9.17) is 9.47 Å². The number of rotatable bonds is 3. The molecule has 5 rings (SSSR count). The number of likely N-dealkylation sites (tertiary alicyclic amines) is 1. The third kappa shape index (κ3) is 2.80. The Kier molecular flexibility index (Phi) is 3.93. The monoisotopic (exact) mass is 365 g/mol. The summed E-state index contributed by atoms with van der Waals surface area (Å²) >= 11 is 0. The predicted molar refractivity (Wildman–Crippen MR) is 103 cm³/mol. The van der Waals surface area contributed by atoms with Gasteiger partial charge in [-0.2, -0.15) is 0 Å². The van der Waals surface area contributed by atoms with E-state index in [-0.39, 0.29) is 11.7 Å². The average Bonchev–Trinajstić information content (AvgIpc) is 3.30. The van der Waals surface area contributed by atoms with E-state index >= 15 is 0 Å². The molecule has 1 atom stereocenters. The van der Waals surface area contributed by atoms with Crippen molar-refractivity contribution in [3.63, 3.8) is 0 Å². The van der Waals surface area contributed by atoms with Gasteiger partial charge >= 0.3 is 5.69 Å². The molecule has 0 aliphatic carbocycles. The number of hydrogen-bond acceptors (Lipinski definition) is 4. The van der Waals surface area contributed by atoms with E-state index < -0.39 is 0 Å². The van der Waals surface area contributed by atoms with Crippen LogP contribution >= 0.6 is 0 Å². The highest BCUT2D eigenvalue weighted by Crippen LogP contribution is 2.36. The third-order valence-corrected chi connectivity index (χ3v) is 5.91. The maximum atomic E-state index is 12.5. The molecule has 27 heavy (non-hydrogen) atoms. The molecule has 2 aliphatic heterocycles. The van der Waals surface area contributed by atoms with Crippen LogP contribution in [-0.4, -0.2) is 34.3 Å². The molecular weight excluding hydrogens is 342 g/mol. The molecule has 140 valence electrons. The first-order valence-electron chi connectivity index (χ1n) is 9.53. The number of benzene rings is 2. The molecule has 0 amide bonds. The van der Waals surface area contributed by atoms with Crippen molar-refractivity contribution in [3.8, 4) is 11.5 Å². The van der Waals surface area contributed by atoms with Crippen molar-refractivity contribution in [2.75, 3.05) is 19.9 Å². The first kappa shape index (κ1) is 16.4. The fourth-order valence-corrected chi connectivity index (χ4v) is 4.35. The SMILES string of the molecule is CC(c1ccc2c(c1)OCO2)N1CCC(n2c(=O)[nH]c3ccccc32)CC1. The highest BCUT2D eigenvalue weighted by molar-refractivity contribution is 5.75. The largest absolute Gasteiger partial charge is 0.454 e. The lowest BCUT2D eigenvalue weighted by Gasteiger charge is -2.36. The molecule has 0 spiro atoms. The van der Waals surface area contributed by atoms with E-state index in [0.29, 0.717) is 12.8 Å².